The number of halogens is 1. The molecule has 1 atom stereocenters. The predicted octanol–water partition coefficient (Wildman–Crippen LogP) is 5.57. The minimum Gasteiger partial charge on any atom is -0.337 e. The summed E-state index contributed by atoms with van der Waals surface area (Å²) in [7, 11) is -3.64. The van der Waals surface area contributed by atoms with Crippen LogP contribution in [0, 0.1) is 0 Å². The third kappa shape index (κ3) is 7.95. The third-order valence-corrected chi connectivity index (χ3v) is 8.10. The van der Waals surface area contributed by atoms with E-state index in [-0.39, 0.29) is 37.9 Å². The zero-order valence-electron chi connectivity index (χ0n) is 16.9. The molecule has 1 unspecified atom stereocenters. The van der Waals surface area contributed by atoms with Crippen LogP contribution in [0.5, 0.6) is 0 Å². The number of carbonyl (C=O) groups is 1. The molecule has 2 fully saturated rings. The first kappa shape index (κ1) is 27.7. The molecule has 3 rings (SSSR count). The Bertz CT molecular complexity index is 780. The fourth-order valence-electron chi connectivity index (χ4n) is 4.30. The highest BCUT2D eigenvalue weighted by Gasteiger charge is 2.33. The molecule has 6 nitrogen and oxygen atoms in total. The Kier molecular flexibility index (Phi) is 11.9. The summed E-state index contributed by atoms with van der Waals surface area (Å²) in [6.45, 7) is 0.782. The van der Waals surface area contributed by atoms with Crippen LogP contribution < -0.4 is 10.6 Å². The van der Waals surface area contributed by atoms with Crippen LogP contribution in [0.15, 0.2) is 29.2 Å². The SMILES string of the molecule is C.C.O=C(NCC1CCCCN1S(=O)(=O)c1cccc(Cl)c1)NC1CCCCCCC1. The first-order valence-electron chi connectivity index (χ1n) is 10.8. The van der Waals surface area contributed by atoms with Gasteiger partial charge in [0.2, 0.25) is 10.0 Å². The number of amides is 2. The van der Waals surface area contributed by atoms with Gasteiger partial charge < -0.3 is 10.6 Å². The number of hydrogen-bond donors (Lipinski definition) is 2. The topological polar surface area (TPSA) is 78.5 Å². The van der Waals surface area contributed by atoms with Gasteiger partial charge in [-0.15, -0.1) is 0 Å². The number of sulfonamides is 1. The van der Waals surface area contributed by atoms with Gasteiger partial charge in [0.1, 0.15) is 0 Å². The summed E-state index contributed by atoms with van der Waals surface area (Å²) in [5, 5.41) is 6.40. The standard InChI is InChI=1S/C21H32ClN3O3S.2CH4/c22-17-9-8-13-20(15-17)29(27,28)25-14-7-6-12-19(25)16-23-21(26)24-18-10-4-2-1-3-5-11-18;;/h8-9,13,15,18-19H,1-7,10-12,14,16H2,(H2,23,24,26);2*1H4. The van der Waals surface area contributed by atoms with Crippen molar-refractivity contribution in [2.75, 3.05) is 13.1 Å². The maximum atomic E-state index is 13.1. The number of carbonyl (C=O) groups excluding carboxylic acids is 1. The van der Waals surface area contributed by atoms with E-state index in [1.807, 2.05) is 0 Å². The molecule has 1 aliphatic heterocycles. The van der Waals surface area contributed by atoms with Crippen LogP contribution in [0.25, 0.3) is 0 Å². The van der Waals surface area contributed by atoms with Gasteiger partial charge in [-0.25, -0.2) is 13.2 Å². The lowest BCUT2D eigenvalue weighted by Crippen LogP contribution is -2.51. The maximum absolute atomic E-state index is 13.1. The number of benzene rings is 1. The Morgan fingerprint density at radius 3 is 2.32 bits per heavy atom. The summed E-state index contributed by atoms with van der Waals surface area (Å²) >= 11 is 6.00. The number of rotatable bonds is 5. The van der Waals surface area contributed by atoms with Crippen LogP contribution in [0.3, 0.4) is 0 Å². The molecule has 0 radical (unpaired) electrons. The molecule has 2 N–H and O–H groups in total. The lowest BCUT2D eigenvalue weighted by atomic mass is 9.97. The molecule has 1 aliphatic carbocycles. The van der Waals surface area contributed by atoms with Crippen molar-refractivity contribution in [1.82, 2.24) is 14.9 Å². The van der Waals surface area contributed by atoms with E-state index in [2.05, 4.69) is 10.6 Å². The summed E-state index contributed by atoms with van der Waals surface area (Å²) in [4.78, 5) is 12.6. The summed E-state index contributed by atoms with van der Waals surface area (Å²) in [5.74, 6) is 0. The predicted molar refractivity (Wildman–Crippen MR) is 129 cm³/mol. The highest BCUT2D eigenvalue weighted by atomic mass is 35.5. The van der Waals surface area contributed by atoms with Gasteiger partial charge in [-0.2, -0.15) is 4.31 Å². The lowest BCUT2D eigenvalue weighted by molar-refractivity contribution is 0.219. The Morgan fingerprint density at radius 2 is 1.65 bits per heavy atom. The molecular weight excluding hydrogens is 434 g/mol. The van der Waals surface area contributed by atoms with Gasteiger partial charge in [0.05, 0.1) is 4.90 Å². The van der Waals surface area contributed by atoms with Gasteiger partial charge in [0.25, 0.3) is 0 Å². The lowest BCUT2D eigenvalue weighted by Gasteiger charge is -2.35. The number of piperidine rings is 1. The number of nitrogens with zero attached hydrogens (tertiary/aromatic N) is 1. The van der Waals surface area contributed by atoms with E-state index in [0.717, 1.165) is 44.9 Å². The molecule has 0 bridgehead atoms. The number of urea groups is 1. The molecule has 1 saturated carbocycles. The quantitative estimate of drug-likeness (QED) is 0.586. The van der Waals surface area contributed by atoms with Gasteiger partial charge >= 0.3 is 6.03 Å². The second-order valence-electron chi connectivity index (χ2n) is 8.12. The number of nitrogens with one attached hydrogen (secondary N) is 2. The van der Waals surface area contributed by atoms with Crippen LogP contribution >= 0.6 is 11.6 Å². The van der Waals surface area contributed by atoms with Crippen LogP contribution in [0.2, 0.25) is 5.02 Å². The van der Waals surface area contributed by atoms with Crippen LogP contribution in [0.4, 0.5) is 4.79 Å². The second kappa shape index (κ2) is 13.3. The summed E-state index contributed by atoms with van der Waals surface area (Å²) in [6.07, 6.45) is 10.6. The fourth-order valence-corrected chi connectivity index (χ4v) is 6.30. The molecule has 8 heteroatoms. The van der Waals surface area contributed by atoms with Crippen LogP contribution in [-0.2, 0) is 10.0 Å². The molecule has 1 aromatic rings. The van der Waals surface area contributed by atoms with Gasteiger partial charge in [-0.3, -0.25) is 0 Å². The van der Waals surface area contributed by atoms with Gasteiger partial charge in [-0.1, -0.05) is 71.0 Å². The van der Waals surface area contributed by atoms with E-state index in [1.165, 1.54) is 29.6 Å². The number of hydrogen-bond acceptors (Lipinski definition) is 3. The van der Waals surface area contributed by atoms with Crippen molar-refractivity contribution >= 4 is 27.7 Å². The Balaban J connectivity index is 0.00000240. The molecule has 31 heavy (non-hydrogen) atoms. The molecule has 0 aromatic heterocycles. The Hall–Kier alpha value is -1.31. The Labute approximate surface area is 194 Å². The van der Waals surface area contributed by atoms with E-state index in [9.17, 15) is 13.2 Å². The van der Waals surface area contributed by atoms with Gasteiger partial charge in [0.15, 0.2) is 0 Å². The molecule has 2 aliphatic rings. The van der Waals surface area contributed by atoms with Crippen molar-refractivity contribution in [3.8, 4) is 0 Å². The monoisotopic (exact) mass is 473 g/mol. The first-order chi connectivity index (χ1) is 14.0. The van der Waals surface area contributed by atoms with Crippen molar-refractivity contribution in [2.45, 2.75) is 96.0 Å². The zero-order chi connectivity index (χ0) is 20.7. The Morgan fingerprint density at radius 1 is 1.00 bits per heavy atom. The molecular formula is C23H40ClN3O3S. The van der Waals surface area contributed by atoms with E-state index >= 15 is 0 Å². The van der Waals surface area contributed by atoms with Crippen molar-refractivity contribution < 1.29 is 13.2 Å². The summed E-state index contributed by atoms with van der Waals surface area (Å²) in [5.41, 5.74) is 0. The second-order valence-corrected chi connectivity index (χ2v) is 10.4. The molecule has 1 saturated heterocycles. The molecule has 1 aromatic carbocycles. The van der Waals surface area contributed by atoms with Crippen molar-refractivity contribution in [3.05, 3.63) is 29.3 Å². The van der Waals surface area contributed by atoms with E-state index in [0.29, 0.717) is 18.1 Å². The van der Waals surface area contributed by atoms with Crippen LogP contribution in [0.1, 0.15) is 79.1 Å². The molecule has 178 valence electrons. The van der Waals surface area contributed by atoms with Gasteiger partial charge in [-0.05, 0) is 43.9 Å². The minimum atomic E-state index is -3.64. The van der Waals surface area contributed by atoms with Crippen molar-refractivity contribution in [3.63, 3.8) is 0 Å². The smallest absolute Gasteiger partial charge is 0.315 e. The summed E-state index contributed by atoms with van der Waals surface area (Å²) < 4.78 is 27.8. The minimum absolute atomic E-state index is 0. The first-order valence-corrected chi connectivity index (χ1v) is 12.6. The van der Waals surface area contributed by atoms with E-state index in [4.69, 9.17) is 11.6 Å². The molecule has 0 spiro atoms. The maximum Gasteiger partial charge on any atom is 0.315 e. The fraction of sp³-hybridized carbons (Fsp3) is 0.696. The molecule has 1 heterocycles. The van der Waals surface area contributed by atoms with Gasteiger partial charge in [0, 0.05) is 30.2 Å². The largest absolute Gasteiger partial charge is 0.337 e. The summed E-state index contributed by atoms with van der Waals surface area (Å²) in [6, 6.07) is 6.15. The van der Waals surface area contributed by atoms with Crippen LogP contribution in [-0.4, -0.2) is 43.9 Å². The average Bonchev–Trinajstić information content (AvgIpc) is 2.68. The zero-order valence-corrected chi connectivity index (χ0v) is 18.5. The van der Waals surface area contributed by atoms with Crippen molar-refractivity contribution in [1.29, 1.82) is 0 Å². The van der Waals surface area contributed by atoms with E-state index < -0.39 is 10.0 Å². The van der Waals surface area contributed by atoms with Crippen molar-refractivity contribution in [2.24, 2.45) is 0 Å². The third-order valence-electron chi connectivity index (χ3n) is 5.91. The van der Waals surface area contributed by atoms with E-state index in [1.54, 1.807) is 18.2 Å². The highest BCUT2D eigenvalue weighted by molar-refractivity contribution is 7.89. The average molecular weight is 474 g/mol. The molecule has 2 amide bonds. The highest BCUT2D eigenvalue weighted by Crippen LogP contribution is 2.26. The normalized spacial score (nSPS) is 21.0.